The number of hydrogen-bond donors (Lipinski definition) is 0. The largest absolute Gasteiger partial charge is 0.283 e. The number of benzene rings is 3. The minimum absolute atomic E-state index is 0.0148. The van der Waals surface area contributed by atoms with Crippen molar-refractivity contribution in [1.29, 1.82) is 0 Å². The molecule has 4 rings (SSSR count). The van der Waals surface area contributed by atoms with Crippen LogP contribution in [-0.4, -0.2) is 17.1 Å². The molecule has 3 nitrogen and oxygen atoms in total. The summed E-state index contributed by atoms with van der Waals surface area (Å²) in [5, 5.41) is 1.27. The molecule has 0 aliphatic rings. The van der Waals surface area contributed by atoms with Gasteiger partial charge in [0.05, 0.1) is 22.7 Å². The average molecular weight is 439 g/mol. The van der Waals surface area contributed by atoms with E-state index in [1.165, 1.54) is 16.2 Å². The third-order valence-electron chi connectivity index (χ3n) is 4.59. The summed E-state index contributed by atoms with van der Waals surface area (Å²) in [4.78, 5) is 20.9. The first-order valence-electron chi connectivity index (χ1n) is 9.16. The molecule has 0 bridgehead atoms. The molecule has 4 aromatic rings. The molecule has 0 saturated heterocycles. The summed E-state index contributed by atoms with van der Waals surface area (Å²) < 4.78 is 0.975. The van der Waals surface area contributed by atoms with E-state index in [4.69, 9.17) is 11.6 Å². The Labute approximate surface area is 183 Å². The number of anilines is 1. The van der Waals surface area contributed by atoms with Gasteiger partial charge in [-0.1, -0.05) is 71.5 Å². The maximum Gasteiger partial charge on any atom is 0.233 e. The fourth-order valence-corrected chi connectivity index (χ4v) is 4.75. The Bertz CT molecular complexity index is 1130. The highest BCUT2D eigenvalue weighted by Crippen LogP contribution is 2.33. The van der Waals surface area contributed by atoms with Gasteiger partial charge in [0.1, 0.15) is 5.52 Å². The lowest BCUT2D eigenvalue weighted by atomic mass is 10.1. The number of carbonyl (C=O) groups is 1. The molecule has 0 aliphatic heterocycles. The number of halogens is 1. The lowest BCUT2D eigenvalue weighted by Gasteiger charge is -2.20. The lowest BCUT2D eigenvalue weighted by Crippen LogP contribution is -2.31. The minimum Gasteiger partial charge on any atom is -0.283 e. The van der Waals surface area contributed by atoms with Gasteiger partial charge in [-0.15, -0.1) is 11.8 Å². The molecule has 146 valence electrons. The minimum atomic E-state index is 0.0148. The number of thioether (sulfide) groups is 1. The first kappa shape index (κ1) is 20.0. The summed E-state index contributed by atoms with van der Waals surface area (Å²) in [5.41, 5.74) is 2.79. The van der Waals surface area contributed by atoms with E-state index in [9.17, 15) is 4.79 Å². The Kier molecular flexibility index (Phi) is 6.19. The van der Waals surface area contributed by atoms with Gasteiger partial charge in [-0.05, 0) is 41.6 Å². The zero-order valence-electron chi connectivity index (χ0n) is 15.8. The standard InChI is InChI=1S/C23H19ClN2OS2/c1-28-18-12-10-16(11-13-18)14-21(27)26(15-17-6-3-2-4-7-17)23-25-22-19(24)8-5-9-20(22)29-23/h2-13H,14-15H2,1H3. The number of amides is 1. The van der Waals surface area contributed by atoms with Crippen LogP contribution in [0, 0.1) is 0 Å². The van der Waals surface area contributed by atoms with Crippen LogP contribution in [0.4, 0.5) is 5.13 Å². The van der Waals surface area contributed by atoms with Crippen LogP contribution in [0.1, 0.15) is 11.1 Å². The zero-order valence-corrected chi connectivity index (χ0v) is 18.2. The van der Waals surface area contributed by atoms with Crippen LogP contribution in [-0.2, 0) is 17.8 Å². The Morgan fingerprint density at radius 1 is 1.00 bits per heavy atom. The SMILES string of the molecule is CSc1ccc(CC(=O)N(Cc2ccccc2)c2nc3c(Cl)cccc3s2)cc1. The number of para-hydroxylation sites is 1. The van der Waals surface area contributed by atoms with Gasteiger partial charge in [-0.2, -0.15) is 0 Å². The van der Waals surface area contributed by atoms with Gasteiger partial charge in [0, 0.05) is 4.90 Å². The van der Waals surface area contributed by atoms with E-state index >= 15 is 0 Å². The smallest absolute Gasteiger partial charge is 0.233 e. The molecule has 0 spiro atoms. The van der Waals surface area contributed by atoms with Crippen molar-refractivity contribution < 1.29 is 4.79 Å². The predicted molar refractivity (Wildman–Crippen MR) is 124 cm³/mol. The molecule has 0 saturated carbocycles. The third kappa shape index (κ3) is 4.64. The normalized spacial score (nSPS) is 11.0. The summed E-state index contributed by atoms with van der Waals surface area (Å²) in [6, 6.07) is 23.8. The second-order valence-electron chi connectivity index (χ2n) is 6.57. The van der Waals surface area contributed by atoms with Gasteiger partial charge in [-0.3, -0.25) is 9.69 Å². The summed E-state index contributed by atoms with van der Waals surface area (Å²) in [6.07, 6.45) is 2.37. The number of nitrogens with zero attached hydrogens (tertiary/aromatic N) is 2. The van der Waals surface area contributed by atoms with Crippen LogP contribution in [0.15, 0.2) is 77.7 Å². The molecule has 0 radical (unpaired) electrons. The molecule has 6 heteroatoms. The number of hydrogen-bond acceptors (Lipinski definition) is 4. The van der Waals surface area contributed by atoms with Gasteiger partial charge in [0.2, 0.25) is 5.91 Å². The van der Waals surface area contributed by atoms with Crippen molar-refractivity contribution in [3.05, 3.63) is 88.9 Å². The van der Waals surface area contributed by atoms with Gasteiger partial charge in [-0.25, -0.2) is 4.98 Å². The molecule has 0 N–H and O–H groups in total. The molecule has 0 aliphatic carbocycles. The Hall–Kier alpha value is -2.34. The second kappa shape index (κ2) is 8.99. The van der Waals surface area contributed by atoms with Gasteiger partial charge in [0.25, 0.3) is 0 Å². The van der Waals surface area contributed by atoms with Gasteiger partial charge < -0.3 is 0 Å². The van der Waals surface area contributed by atoms with Crippen molar-refractivity contribution in [3.63, 3.8) is 0 Å². The number of thiazole rings is 1. The van der Waals surface area contributed by atoms with Crippen LogP contribution < -0.4 is 4.90 Å². The van der Waals surface area contributed by atoms with Crippen LogP contribution in [0.3, 0.4) is 0 Å². The van der Waals surface area contributed by atoms with Crippen molar-refractivity contribution in [2.24, 2.45) is 0 Å². The third-order valence-corrected chi connectivity index (χ3v) is 6.68. The predicted octanol–water partition coefficient (Wildman–Crippen LogP) is 6.45. The fourth-order valence-electron chi connectivity index (χ4n) is 3.06. The van der Waals surface area contributed by atoms with E-state index < -0.39 is 0 Å². The summed E-state index contributed by atoms with van der Waals surface area (Å²) in [5.74, 6) is 0.0148. The monoisotopic (exact) mass is 438 g/mol. The quantitative estimate of drug-likeness (QED) is 0.324. The highest BCUT2D eigenvalue weighted by atomic mass is 35.5. The van der Waals surface area contributed by atoms with Crippen LogP contribution in [0.25, 0.3) is 10.2 Å². The molecule has 0 unspecified atom stereocenters. The Morgan fingerprint density at radius 3 is 2.45 bits per heavy atom. The topological polar surface area (TPSA) is 33.2 Å². The van der Waals surface area contributed by atoms with Crippen molar-refractivity contribution >= 4 is 56.0 Å². The maximum absolute atomic E-state index is 13.3. The summed E-state index contributed by atoms with van der Waals surface area (Å²) in [7, 11) is 0. The summed E-state index contributed by atoms with van der Waals surface area (Å²) >= 11 is 9.49. The van der Waals surface area contributed by atoms with Gasteiger partial charge in [0.15, 0.2) is 5.13 Å². The van der Waals surface area contributed by atoms with Crippen LogP contribution >= 0.6 is 34.7 Å². The molecule has 1 aromatic heterocycles. The Balaban J connectivity index is 1.66. The molecule has 0 fully saturated rings. The molecule has 1 amide bonds. The van der Waals surface area contributed by atoms with E-state index in [0.29, 0.717) is 23.1 Å². The first-order valence-corrected chi connectivity index (χ1v) is 11.6. The van der Waals surface area contributed by atoms with Crippen molar-refractivity contribution in [2.45, 2.75) is 17.9 Å². The summed E-state index contributed by atoms with van der Waals surface area (Å²) in [6.45, 7) is 0.472. The highest BCUT2D eigenvalue weighted by Gasteiger charge is 2.21. The maximum atomic E-state index is 13.3. The first-order chi connectivity index (χ1) is 14.1. The Morgan fingerprint density at radius 2 is 1.76 bits per heavy atom. The molecule has 3 aromatic carbocycles. The molecular formula is C23H19ClN2OS2. The number of aromatic nitrogens is 1. The van der Waals surface area contributed by atoms with E-state index in [1.54, 1.807) is 16.7 Å². The molecule has 29 heavy (non-hydrogen) atoms. The lowest BCUT2D eigenvalue weighted by molar-refractivity contribution is -0.118. The van der Waals surface area contributed by atoms with Crippen molar-refractivity contribution in [3.8, 4) is 0 Å². The van der Waals surface area contributed by atoms with Crippen LogP contribution in [0.2, 0.25) is 5.02 Å². The van der Waals surface area contributed by atoms with E-state index in [0.717, 1.165) is 21.3 Å². The number of carbonyl (C=O) groups excluding carboxylic acids is 1. The fraction of sp³-hybridized carbons (Fsp3) is 0.130. The van der Waals surface area contributed by atoms with Crippen molar-refractivity contribution in [1.82, 2.24) is 4.98 Å². The van der Waals surface area contributed by atoms with E-state index in [2.05, 4.69) is 4.98 Å². The average Bonchev–Trinajstić information content (AvgIpc) is 3.18. The molecule has 1 heterocycles. The molecule has 0 atom stereocenters. The van der Waals surface area contributed by atoms with E-state index in [1.807, 2.05) is 79.1 Å². The van der Waals surface area contributed by atoms with Gasteiger partial charge >= 0.3 is 0 Å². The zero-order chi connectivity index (χ0) is 20.2. The highest BCUT2D eigenvalue weighted by molar-refractivity contribution is 7.98. The van der Waals surface area contributed by atoms with Crippen LogP contribution in [0.5, 0.6) is 0 Å². The number of fused-ring (bicyclic) bond motifs is 1. The molecular weight excluding hydrogens is 420 g/mol. The number of rotatable bonds is 6. The van der Waals surface area contributed by atoms with Crippen molar-refractivity contribution in [2.75, 3.05) is 11.2 Å². The second-order valence-corrected chi connectivity index (χ2v) is 8.87. The van der Waals surface area contributed by atoms with E-state index in [-0.39, 0.29) is 5.91 Å².